The maximum atomic E-state index is 12.2. The average Bonchev–Trinajstić information content (AvgIpc) is 2.45. The maximum absolute atomic E-state index is 12.2. The van der Waals surface area contributed by atoms with E-state index in [9.17, 15) is 14.4 Å². The number of primary amides is 1. The Morgan fingerprint density at radius 2 is 2.14 bits per heavy atom. The summed E-state index contributed by atoms with van der Waals surface area (Å²) >= 11 is 0. The first-order chi connectivity index (χ1) is 9.91. The number of para-hydroxylation sites is 1. The van der Waals surface area contributed by atoms with Crippen molar-refractivity contribution in [2.75, 3.05) is 18.1 Å². The normalized spacial score (nSPS) is 14.6. The van der Waals surface area contributed by atoms with Crippen molar-refractivity contribution in [3.8, 4) is 5.75 Å². The van der Waals surface area contributed by atoms with Gasteiger partial charge in [-0.25, -0.2) is 9.59 Å². The van der Waals surface area contributed by atoms with Crippen LogP contribution >= 0.6 is 0 Å². The number of carboxylic acid groups (broad SMARTS) is 1. The van der Waals surface area contributed by atoms with E-state index in [0.29, 0.717) is 5.69 Å². The number of ether oxygens (including phenoxy) is 1. The molecule has 1 aromatic rings. The minimum atomic E-state index is -1.14. The highest BCUT2D eigenvalue weighted by Gasteiger charge is 2.28. The van der Waals surface area contributed by atoms with Crippen molar-refractivity contribution in [2.24, 2.45) is 5.73 Å². The molecule has 0 aliphatic carbocycles. The Hall–Kier alpha value is -2.77. The van der Waals surface area contributed by atoms with Crippen LogP contribution in [0.2, 0.25) is 0 Å². The fraction of sp³-hybridized carbons (Fsp3) is 0.308. The summed E-state index contributed by atoms with van der Waals surface area (Å²) in [5.74, 6) is -1.66. The molecule has 112 valence electrons. The van der Waals surface area contributed by atoms with E-state index in [1.807, 2.05) is 0 Å². The molecule has 0 aromatic heterocycles. The lowest BCUT2D eigenvalue weighted by atomic mass is 10.1. The maximum Gasteiger partial charge on any atom is 0.339 e. The van der Waals surface area contributed by atoms with Crippen LogP contribution in [-0.2, 0) is 4.79 Å². The van der Waals surface area contributed by atoms with Crippen molar-refractivity contribution in [2.45, 2.75) is 13.0 Å². The number of benzene rings is 1. The molecule has 0 radical (unpaired) electrons. The van der Waals surface area contributed by atoms with Crippen LogP contribution in [0.15, 0.2) is 18.2 Å². The smallest absolute Gasteiger partial charge is 0.339 e. The van der Waals surface area contributed by atoms with E-state index in [1.165, 1.54) is 24.0 Å². The van der Waals surface area contributed by atoms with Crippen molar-refractivity contribution >= 4 is 23.6 Å². The molecule has 1 aliphatic rings. The number of rotatable bonds is 3. The van der Waals surface area contributed by atoms with Crippen molar-refractivity contribution in [3.05, 3.63) is 23.8 Å². The standard InChI is InChI=1S/C13H15N3O5/c1-7(11(14)17)15-13(20)16-5-6-21-10-8(12(18)19)3-2-4-9(10)16/h2-4,7H,5-6H2,1H3,(H2,14,17)(H,15,20)(H,18,19). The fourth-order valence-electron chi connectivity index (χ4n) is 1.96. The van der Waals surface area contributed by atoms with Crippen LogP contribution < -0.4 is 20.7 Å². The Bertz CT molecular complexity index is 601. The summed E-state index contributed by atoms with van der Waals surface area (Å²) in [5, 5.41) is 11.6. The number of carboxylic acids is 1. The molecule has 0 saturated heterocycles. The zero-order valence-electron chi connectivity index (χ0n) is 11.3. The molecule has 0 bridgehead atoms. The van der Waals surface area contributed by atoms with E-state index in [4.69, 9.17) is 15.6 Å². The lowest BCUT2D eigenvalue weighted by Gasteiger charge is -2.30. The predicted octanol–water partition coefficient (Wildman–Crippen LogP) is 0.167. The van der Waals surface area contributed by atoms with E-state index in [-0.39, 0.29) is 24.5 Å². The molecule has 1 heterocycles. The van der Waals surface area contributed by atoms with E-state index in [0.717, 1.165) is 0 Å². The van der Waals surface area contributed by atoms with Gasteiger partial charge in [-0.05, 0) is 19.1 Å². The minimum Gasteiger partial charge on any atom is -0.489 e. The van der Waals surface area contributed by atoms with Gasteiger partial charge >= 0.3 is 12.0 Å². The van der Waals surface area contributed by atoms with Gasteiger partial charge in [-0.1, -0.05) is 6.07 Å². The third-order valence-electron chi connectivity index (χ3n) is 3.09. The van der Waals surface area contributed by atoms with Crippen LogP contribution in [-0.4, -0.2) is 42.2 Å². The molecule has 21 heavy (non-hydrogen) atoms. The molecule has 1 atom stereocenters. The number of hydrogen-bond donors (Lipinski definition) is 3. The predicted molar refractivity (Wildman–Crippen MR) is 73.4 cm³/mol. The van der Waals surface area contributed by atoms with E-state index < -0.39 is 23.9 Å². The molecular weight excluding hydrogens is 278 g/mol. The van der Waals surface area contributed by atoms with Gasteiger partial charge in [0.05, 0.1) is 12.2 Å². The Balaban J connectivity index is 2.30. The summed E-state index contributed by atoms with van der Waals surface area (Å²) in [6, 6.07) is 3.14. The molecular formula is C13H15N3O5. The van der Waals surface area contributed by atoms with Gasteiger partial charge in [0.25, 0.3) is 0 Å². The lowest BCUT2D eigenvalue weighted by molar-refractivity contribution is -0.119. The number of amides is 3. The monoisotopic (exact) mass is 293 g/mol. The summed E-state index contributed by atoms with van der Waals surface area (Å²) in [4.78, 5) is 35.6. The molecule has 0 saturated carbocycles. The number of carbonyl (C=O) groups excluding carboxylic acids is 2. The number of aromatic carboxylic acids is 1. The Labute approximate surface area is 120 Å². The number of fused-ring (bicyclic) bond motifs is 1. The molecule has 3 amide bonds. The molecule has 8 nitrogen and oxygen atoms in total. The van der Waals surface area contributed by atoms with Crippen LogP contribution in [0.1, 0.15) is 17.3 Å². The van der Waals surface area contributed by atoms with Gasteiger partial charge < -0.3 is 20.9 Å². The first kappa shape index (κ1) is 14.6. The topological polar surface area (TPSA) is 122 Å². The van der Waals surface area contributed by atoms with Gasteiger partial charge in [0.15, 0.2) is 5.75 Å². The van der Waals surface area contributed by atoms with Crippen LogP contribution in [0.5, 0.6) is 5.75 Å². The van der Waals surface area contributed by atoms with Gasteiger partial charge in [0, 0.05) is 0 Å². The molecule has 0 spiro atoms. The Kier molecular flexibility index (Phi) is 3.97. The van der Waals surface area contributed by atoms with Crippen LogP contribution in [0.4, 0.5) is 10.5 Å². The quantitative estimate of drug-likeness (QED) is 0.733. The summed E-state index contributed by atoms with van der Waals surface area (Å²) < 4.78 is 5.35. The number of anilines is 1. The van der Waals surface area contributed by atoms with Crippen molar-refractivity contribution in [1.82, 2.24) is 5.32 Å². The highest BCUT2D eigenvalue weighted by atomic mass is 16.5. The van der Waals surface area contributed by atoms with Gasteiger partial charge in [0.2, 0.25) is 5.91 Å². The van der Waals surface area contributed by atoms with Gasteiger partial charge in [-0.15, -0.1) is 0 Å². The Morgan fingerprint density at radius 1 is 1.43 bits per heavy atom. The zero-order chi connectivity index (χ0) is 15.6. The van der Waals surface area contributed by atoms with Crippen LogP contribution in [0, 0.1) is 0 Å². The highest BCUT2D eigenvalue weighted by molar-refractivity contribution is 6.00. The molecule has 0 fully saturated rings. The third-order valence-corrected chi connectivity index (χ3v) is 3.09. The van der Waals surface area contributed by atoms with Gasteiger partial charge in [-0.2, -0.15) is 0 Å². The Morgan fingerprint density at radius 3 is 2.76 bits per heavy atom. The number of nitrogens with two attached hydrogens (primary N) is 1. The van der Waals surface area contributed by atoms with Crippen LogP contribution in [0.25, 0.3) is 0 Å². The lowest BCUT2D eigenvalue weighted by Crippen LogP contribution is -2.50. The largest absolute Gasteiger partial charge is 0.489 e. The van der Waals surface area contributed by atoms with Crippen molar-refractivity contribution in [1.29, 1.82) is 0 Å². The van der Waals surface area contributed by atoms with E-state index in [1.54, 1.807) is 6.07 Å². The number of nitrogens with zero attached hydrogens (tertiary/aromatic N) is 1. The molecule has 1 aromatic carbocycles. The first-order valence-corrected chi connectivity index (χ1v) is 6.28. The second-order valence-corrected chi connectivity index (χ2v) is 4.53. The molecule has 2 rings (SSSR count). The minimum absolute atomic E-state index is 0.0204. The second-order valence-electron chi connectivity index (χ2n) is 4.53. The number of urea groups is 1. The summed E-state index contributed by atoms with van der Waals surface area (Å²) in [7, 11) is 0. The fourth-order valence-corrected chi connectivity index (χ4v) is 1.96. The molecule has 4 N–H and O–H groups in total. The van der Waals surface area contributed by atoms with Gasteiger partial charge in [-0.3, -0.25) is 9.69 Å². The summed E-state index contributed by atoms with van der Waals surface area (Å²) in [5.41, 5.74) is 5.42. The molecule has 1 unspecified atom stereocenters. The number of hydrogen-bond acceptors (Lipinski definition) is 4. The highest BCUT2D eigenvalue weighted by Crippen LogP contribution is 2.34. The first-order valence-electron chi connectivity index (χ1n) is 6.28. The van der Waals surface area contributed by atoms with E-state index in [2.05, 4.69) is 5.32 Å². The van der Waals surface area contributed by atoms with E-state index >= 15 is 0 Å². The molecule has 8 heteroatoms. The SMILES string of the molecule is CC(NC(=O)N1CCOc2c(C(=O)O)cccc21)C(N)=O. The number of carbonyl (C=O) groups is 3. The summed E-state index contributed by atoms with van der Waals surface area (Å²) in [6.45, 7) is 1.87. The second kappa shape index (κ2) is 5.70. The van der Waals surface area contributed by atoms with Gasteiger partial charge in [0.1, 0.15) is 18.2 Å². The average molecular weight is 293 g/mol. The van der Waals surface area contributed by atoms with Crippen molar-refractivity contribution in [3.63, 3.8) is 0 Å². The zero-order valence-corrected chi connectivity index (χ0v) is 11.3. The van der Waals surface area contributed by atoms with Crippen molar-refractivity contribution < 1.29 is 24.2 Å². The number of nitrogens with one attached hydrogen (secondary N) is 1. The molecule has 1 aliphatic heterocycles. The summed E-state index contributed by atoms with van der Waals surface area (Å²) in [6.07, 6.45) is 0. The third kappa shape index (κ3) is 2.88. The van der Waals surface area contributed by atoms with Crippen LogP contribution in [0.3, 0.4) is 0 Å².